The summed E-state index contributed by atoms with van der Waals surface area (Å²) in [4.78, 5) is 2.48. The molecule has 0 saturated heterocycles. The van der Waals surface area contributed by atoms with E-state index in [9.17, 15) is 0 Å². The molecule has 0 amide bonds. The van der Waals surface area contributed by atoms with Crippen LogP contribution in [-0.4, -0.2) is 0 Å². The van der Waals surface area contributed by atoms with Gasteiger partial charge < -0.3 is 9.32 Å². The minimum Gasteiger partial charge on any atom is -0.456 e. The van der Waals surface area contributed by atoms with Gasteiger partial charge in [-0.25, -0.2) is 0 Å². The third-order valence-corrected chi connectivity index (χ3v) is 13.3. The van der Waals surface area contributed by atoms with E-state index in [0.29, 0.717) is 0 Å². The lowest BCUT2D eigenvalue weighted by atomic mass is 9.66. The number of benzene rings is 9. The Morgan fingerprint density at radius 3 is 1.68 bits per heavy atom. The molecule has 12 rings (SSSR count). The lowest BCUT2D eigenvalue weighted by Gasteiger charge is -2.36. The van der Waals surface area contributed by atoms with E-state index >= 15 is 0 Å². The lowest BCUT2D eigenvalue weighted by Crippen LogP contribution is -2.29. The van der Waals surface area contributed by atoms with E-state index in [1.165, 1.54) is 66.8 Å². The fraction of sp³-hybridized carbons (Fsp3) is 0.0690. The zero-order valence-electron chi connectivity index (χ0n) is 33.6. The molecule has 0 aliphatic heterocycles. The smallest absolute Gasteiger partial charge is 0.137 e. The van der Waals surface area contributed by atoms with Crippen molar-refractivity contribution in [1.29, 1.82) is 0 Å². The summed E-state index contributed by atoms with van der Waals surface area (Å²) < 4.78 is 7.00. The van der Waals surface area contributed by atoms with E-state index in [0.717, 1.165) is 39.0 Å². The zero-order chi connectivity index (χ0) is 40.0. The fourth-order valence-corrected chi connectivity index (χ4v) is 10.7. The van der Waals surface area contributed by atoms with Crippen LogP contribution in [-0.2, 0) is 10.8 Å². The Morgan fingerprint density at radius 2 is 0.967 bits per heavy atom. The van der Waals surface area contributed by atoms with Crippen LogP contribution < -0.4 is 4.90 Å². The van der Waals surface area contributed by atoms with Gasteiger partial charge in [0.25, 0.3) is 0 Å². The third kappa shape index (κ3) is 4.82. The number of nitrogens with zero attached hydrogens (tertiary/aromatic N) is 1. The van der Waals surface area contributed by atoms with Gasteiger partial charge in [-0.15, -0.1) is 0 Å². The van der Waals surface area contributed by atoms with Gasteiger partial charge in [-0.05, 0) is 91.5 Å². The minimum atomic E-state index is -0.647. The van der Waals surface area contributed by atoms with Crippen LogP contribution in [0, 0.1) is 0 Å². The van der Waals surface area contributed by atoms with E-state index in [1.807, 2.05) is 0 Å². The highest BCUT2D eigenvalue weighted by Crippen LogP contribution is 2.60. The van der Waals surface area contributed by atoms with Crippen molar-refractivity contribution in [1.82, 2.24) is 0 Å². The van der Waals surface area contributed by atoms with E-state index in [-0.39, 0.29) is 5.41 Å². The molecule has 60 heavy (non-hydrogen) atoms. The predicted molar refractivity (Wildman–Crippen MR) is 249 cm³/mol. The second-order valence-electron chi connectivity index (χ2n) is 16.8. The van der Waals surface area contributed by atoms with E-state index in [1.54, 1.807) is 0 Å². The molecular weight excluding hydrogens is 727 g/mol. The summed E-state index contributed by atoms with van der Waals surface area (Å²) in [5.41, 5.74) is 19.3. The number of para-hydroxylation sites is 1. The molecule has 2 aliphatic carbocycles. The fourth-order valence-electron chi connectivity index (χ4n) is 10.7. The van der Waals surface area contributed by atoms with Crippen molar-refractivity contribution in [3.63, 3.8) is 0 Å². The van der Waals surface area contributed by atoms with Gasteiger partial charge in [-0.2, -0.15) is 0 Å². The molecule has 1 heterocycles. The van der Waals surface area contributed by atoms with Gasteiger partial charge >= 0.3 is 0 Å². The summed E-state index contributed by atoms with van der Waals surface area (Å²) in [6.07, 6.45) is 0. The molecule has 2 heteroatoms. The normalized spacial score (nSPS) is 14.1. The Morgan fingerprint density at radius 1 is 0.400 bits per heavy atom. The summed E-state index contributed by atoms with van der Waals surface area (Å²) in [6.45, 7) is 4.72. The molecule has 0 unspecified atom stereocenters. The summed E-state index contributed by atoms with van der Waals surface area (Å²) in [6, 6.07) is 77.9. The molecule has 0 N–H and O–H groups in total. The van der Waals surface area contributed by atoms with Gasteiger partial charge in [-0.1, -0.05) is 190 Å². The molecule has 0 radical (unpaired) electrons. The van der Waals surface area contributed by atoms with E-state index in [4.69, 9.17) is 4.42 Å². The minimum absolute atomic E-state index is 0.159. The Kier molecular flexibility index (Phi) is 7.52. The number of rotatable bonds is 6. The van der Waals surface area contributed by atoms with Gasteiger partial charge in [-0.3, -0.25) is 0 Å². The highest BCUT2D eigenvalue weighted by molar-refractivity contribution is 6.10. The van der Waals surface area contributed by atoms with Crippen LogP contribution >= 0.6 is 0 Å². The SMILES string of the molecule is CC1(C)c2ccccc2-c2c(N(c3ccc(-c4ccccc4)cc3)c3cc(C4(c5ccccc5)c5ccccc5-c5ccccc54)c4c(c3)oc3ccccc34)cccc21. The zero-order valence-corrected chi connectivity index (χ0v) is 33.6. The maximum Gasteiger partial charge on any atom is 0.137 e. The molecule has 10 aromatic rings. The van der Waals surface area contributed by atoms with Crippen LogP contribution in [0.4, 0.5) is 17.1 Å². The molecule has 284 valence electrons. The number of furan rings is 1. The van der Waals surface area contributed by atoms with Crippen molar-refractivity contribution in [2.45, 2.75) is 24.7 Å². The van der Waals surface area contributed by atoms with Crippen LogP contribution in [0.3, 0.4) is 0 Å². The van der Waals surface area contributed by atoms with Crippen molar-refractivity contribution in [2.24, 2.45) is 0 Å². The largest absolute Gasteiger partial charge is 0.456 e. The van der Waals surface area contributed by atoms with Gasteiger partial charge in [0.2, 0.25) is 0 Å². The maximum absolute atomic E-state index is 7.00. The summed E-state index contributed by atoms with van der Waals surface area (Å²) in [5.74, 6) is 0. The first-order chi connectivity index (χ1) is 29.5. The predicted octanol–water partition coefficient (Wildman–Crippen LogP) is 15.4. The molecule has 2 aliphatic rings. The molecule has 0 fully saturated rings. The Hall–Kier alpha value is -7.42. The van der Waals surface area contributed by atoms with Gasteiger partial charge in [0.15, 0.2) is 0 Å². The quantitative estimate of drug-likeness (QED) is 0.168. The highest BCUT2D eigenvalue weighted by Gasteiger charge is 2.48. The first-order valence-electron chi connectivity index (χ1n) is 20.9. The number of anilines is 3. The summed E-state index contributed by atoms with van der Waals surface area (Å²) >= 11 is 0. The Balaban J connectivity index is 1.22. The first kappa shape index (κ1) is 34.6. The van der Waals surface area contributed by atoms with Gasteiger partial charge in [0.05, 0.1) is 16.8 Å². The number of fused-ring (bicyclic) bond motifs is 9. The highest BCUT2D eigenvalue weighted by atomic mass is 16.3. The van der Waals surface area contributed by atoms with Gasteiger partial charge in [0.1, 0.15) is 11.2 Å². The van der Waals surface area contributed by atoms with Crippen LogP contribution in [0.25, 0.3) is 55.3 Å². The number of hydrogen-bond donors (Lipinski definition) is 0. The molecule has 0 spiro atoms. The third-order valence-electron chi connectivity index (χ3n) is 13.3. The van der Waals surface area contributed by atoms with Crippen molar-refractivity contribution in [3.8, 4) is 33.4 Å². The molecule has 9 aromatic carbocycles. The molecule has 0 bridgehead atoms. The second-order valence-corrected chi connectivity index (χ2v) is 16.8. The molecule has 1 aromatic heterocycles. The van der Waals surface area contributed by atoms with Crippen molar-refractivity contribution >= 4 is 39.0 Å². The van der Waals surface area contributed by atoms with Crippen LogP contribution in [0.1, 0.15) is 47.2 Å². The van der Waals surface area contributed by atoms with Gasteiger partial charge in [0, 0.05) is 33.5 Å². The summed E-state index contributed by atoms with van der Waals surface area (Å²) in [5, 5.41) is 2.25. The van der Waals surface area contributed by atoms with Crippen molar-refractivity contribution < 1.29 is 4.42 Å². The van der Waals surface area contributed by atoms with Crippen molar-refractivity contribution in [2.75, 3.05) is 4.90 Å². The van der Waals surface area contributed by atoms with E-state index < -0.39 is 5.41 Å². The maximum atomic E-state index is 7.00. The molecule has 0 saturated carbocycles. The average Bonchev–Trinajstić information content (AvgIpc) is 3.91. The summed E-state index contributed by atoms with van der Waals surface area (Å²) in [7, 11) is 0. The van der Waals surface area contributed by atoms with Crippen LogP contribution in [0.15, 0.2) is 217 Å². The van der Waals surface area contributed by atoms with Crippen molar-refractivity contribution in [3.05, 3.63) is 246 Å². The van der Waals surface area contributed by atoms with Crippen LogP contribution in [0.5, 0.6) is 0 Å². The molecule has 2 nitrogen and oxygen atoms in total. The van der Waals surface area contributed by atoms with Crippen LogP contribution in [0.2, 0.25) is 0 Å². The topological polar surface area (TPSA) is 16.4 Å². The second kappa shape index (κ2) is 13.0. The average molecular weight is 768 g/mol. The Bertz CT molecular complexity index is 3240. The lowest BCUT2D eigenvalue weighted by molar-refractivity contribution is 0.660. The molecule has 0 atom stereocenters. The first-order valence-corrected chi connectivity index (χ1v) is 20.9. The Labute approximate surface area is 350 Å². The molecular formula is C58H41NO. The monoisotopic (exact) mass is 767 g/mol. The number of hydrogen-bond acceptors (Lipinski definition) is 2. The standard InChI is InChI=1S/C58H41NO/c1-57(2)47-26-13-11-24-45(47)55-50(57)29-17-30-52(55)59(41-34-32-39(33-35-41)38-18-5-3-6-19-38)42-36-51(56-46-25-12-16-31-53(46)60-54(56)37-42)58(40-20-7-4-8-21-40)48-27-14-9-22-43(48)44-23-10-15-28-49(44)58/h3-37H,1-2H3. The van der Waals surface area contributed by atoms with E-state index in [2.05, 4.69) is 231 Å².